The number of rotatable bonds is 8. The summed E-state index contributed by atoms with van der Waals surface area (Å²) in [6, 6.07) is 52.8. The minimum Gasteiger partial charge on any atom is -0.386 e. The number of allylic oxidation sites excluding steroid dienone is 3. The van der Waals surface area contributed by atoms with Crippen LogP contribution in [0.5, 0.6) is 0 Å². The monoisotopic (exact) mass is 1020 g/mol. The van der Waals surface area contributed by atoms with E-state index in [0.717, 1.165) is 77.0 Å². The molecule has 0 saturated carbocycles. The molecule has 79 heavy (non-hydrogen) atoms. The van der Waals surface area contributed by atoms with Crippen molar-refractivity contribution in [3.05, 3.63) is 185 Å². The Morgan fingerprint density at radius 1 is 0.519 bits per heavy atom. The number of fused-ring (bicyclic) bond motifs is 6. The van der Waals surface area contributed by atoms with E-state index in [0.29, 0.717) is 16.5 Å². The van der Waals surface area contributed by atoms with Crippen LogP contribution < -0.4 is 4.90 Å². The zero-order valence-electron chi connectivity index (χ0n) is 46.0. The molecule has 0 N–H and O–H groups in total. The van der Waals surface area contributed by atoms with E-state index in [1.165, 1.54) is 121 Å². The fraction of sp³-hybridized carbons (Fsp3) is 0.216. The lowest BCUT2D eigenvalue weighted by molar-refractivity contribution is 0.0391. The van der Waals surface area contributed by atoms with Gasteiger partial charge in [0.25, 0.3) is 0 Å². The molecule has 0 radical (unpaired) electrons. The Morgan fingerprint density at radius 2 is 1.18 bits per heavy atom. The summed E-state index contributed by atoms with van der Waals surface area (Å²) in [5.41, 5.74) is 15.2. The van der Waals surface area contributed by atoms with E-state index < -0.39 is 11.9 Å². The minimum absolute atomic E-state index is 0.0160. The van der Waals surface area contributed by atoms with Crippen LogP contribution in [0.3, 0.4) is 0 Å². The maximum absolute atomic E-state index is 13.3. The first-order valence-corrected chi connectivity index (χ1v) is 28.6. The molecule has 12 aromatic carbocycles. The number of nitrogens with zero attached hydrogens (tertiary/aromatic N) is 2. The van der Waals surface area contributed by atoms with Crippen molar-refractivity contribution in [2.45, 2.75) is 99.0 Å². The highest BCUT2D eigenvalue weighted by Crippen LogP contribution is 2.53. The van der Waals surface area contributed by atoms with Gasteiger partial charge in [0.15, 0.2) is 0 Å². The van der Waals surface area contributed by atoms with Crippen molar-refractivity contribution < 1.29 is 14.3 Å². The zero-order valence-corrected chi connectivity index (χ0v) is 46.0. The molecule has 0 bridgehead atoms. The molecule has 3 aliphatic rings. The van der Waals surface area contributed by atoms with E-state index >= 15 is 0 Å². The Morgan fingerprint density at radius 3 is 1.94 bits per heavy atom. The first-order valence-electron chi connectivity index (χ1n) is 28.6. The highest BCUT2D eigenvalue weighted by molar-refractivity contribution is 6.41. The topological polar surface area (TPSA) is 51.5 Å². The average Bonchev–Trinajstić information content (AvgIpc) is 3.79. The summed E-state index contributed by atoms with van der Waals surface area (Å²) in [6.45, 7) is 17.1. The van der Waals surface area contributed by atoms with E-state index in [4.69, 9.17) is 4.74 Å². The molecule has 0 amide bonds. The number of aromatic nitrogens is 1. The smallest absolute Gasteiger partial charge is 0.346 e. The zero-order chi connectivity index (χ0) is 53.5. The molecule has 384 valence electrons. The van der Waals surface area contributed by atoms with Crippen molar-refractivity contribution in [3.8, 4) is 0 Å². The molecule has 0 spiro atoms. The number of carbonyl (C=O) groups excluding carboxylic acids is 2. The van der Waals surface area contributed by atoms with Crippen LogP contribution in [0.4, 0.5) is 17.1 Å². The number of hydrogen-bond acceptors (Lipinski definition) is 4. The minimum atomic E-state index is -0.588. The van der Waals surface area contributed by atoms with Crippen LogP contribution in [0.15, 0.2) is 151 Å². The fourth-order valence-corrected chi connectivity index (χ4v) is 14.7. The quantitative estimate of drug-likeness (QED) is 0.0500. The van der Waals surface area contributed by atoms with Crippen molar-refractivity contribution in [3.63, 3.8) is 0 Å². The van der Waals surface area contributed by atoms with Gasteiger partial charge in [-0.05, 0) is 170 Å². The van der Waals surface area contributed by atoms with Crippen molar-refractivity contribution in [2.75, 3.05) is 4.90 Å². The molecule has 5 nitrogen and oxygen atoms in total. The first-order chi connectivity index (χ1) is 38.2. The number of ether oxygens (including phenoxy) is 1. The van der Waals surface area contributed by atoms with Gasteiger partial charge in [0, 0.05) is 39.2 Å². The maximum Gasteiger partial charge on any atom is 0.346 e. The fourth-order valence-electron chi connectivity index (χ4n) is 14.7. The van der Waals surface area contributed by atoms with Crippen LogP contribution in [0.2, 0.25) is 0 Å². The maximum atomic E-state index is 13.3. The standard InChI is InChI=1S/C74H60N2O3/c1-8-9-10-11-33-75-61-38-48(23-26-54(61)68-55-14-12-13-49-50-27-29-56-70-57(72(78)79-71(56)77)30-28-51(69(50)70)58(67(49)55)39-62(68)75)76(59-31-21-40-15-17-42-34-46(73(2,3)4)36-44-19-24-52(59)65(40)63(42)44)60-32-22-41-16-18-43-35-47(74(5,6)7)37-45-20-25-53(60)66(41)64(43)45/h12-15,17-32,34,36-39H,8-11,16,33,35H2,1-7H3. The molecule has 2 aliphatic carbocycles. The molecule has 16 rings (SSSR count). The van der Waals surface area contributed by atoms with Gasteiger partial charge in [0.1, 0.15) is 0 Å². The third kappa shape index (κ3) is 6.50. The summed E-state index contributed by atoms with van der Waals surface area (Å²) < 4.78 is 7.85. The van der Waals surface area contributed by atoms with Crippen LogP contribution in [-0.4, -0.2) is 16.5 Å². The van der Waals surface area contributed by atoms with Crippen LogP contribution in [0.1, 0.15) is 124 Å². The van der Waals surface area contributed by atoms with E-state index in [2.05, 4.69) is 197 Å². The highest BCUT2D eigenvalue weighted by atomic mass is 16.6. The number of esters is 2. The summed E-state index contributed by atoms with van der Waals surface area (Å²) in [6.07, 6.45) is 11.4. The van der Waals surface area contributed by atoms with E-state index in [1.54, 1.807) is 0 Å². The van der Waals surface area contributed by atoms with E-state index in [-0.39, 0.29) is 10.8 Å². The number of aryl methyl sites for hydroxylation is 1. The van der Waals surface area contributed by atoms with Gasteiger partial charge in [-0.1, -0.05) is 183 Å². The third-order valence-electron chi connectivity index (χ3n) is 18.6. The molecular formula is C74H60N2O3. The molecule has 1 aromatic heterocycles. The molecule has 2 heterocycles. The normalized spacial score (nSPS) is 14.7. The molecule has 13 aromatic rings. The van der Waals surface area contributed by atoms with Crippen LogP contribution in [-0.2, 0) is 23.1 Å². The number of unbranched alkanes of at least 4 members (excludes halogenated alkanes) is 3. The van der Waals surface area contributed by atoms with Gasteiger partial charge in [-0.2, -0.15) is 0 Å². The Labute approximate surface area is 459 Å². The number of benzene rings is 12. The van der Waals surface area contributed by atoms with Gasteiger partial charge in [0.05, 0.1) is 33.5 Å². The Balaban J connectivity index is 0.995. The van der Waals surface area contributed by atoms with Crippen molar-refractivity contribution in [1.82, 2.24) is 4.57 Å². The van der Waals surface area contributed by atoms with Gasteiger partial charge in [0.2, 0.25) is 0 Å². The van der Waals surface area contributed by atoms with Crippen LogP contribution >= 0.6 is 0 Å². The van der Waals surface area contributed by atoms with E-state index in [9.17, 15) is 9.59 Å². The Hall–Kier alpha value is -8.54. The van der Waals surface area contributed by atoms with Crippen molar-refractivity contribution in [2.24, 2.45) is 5.41 Å². The third-order valence-corrected chi connectivity index (χ3v) is 18.6. The summed E-state index contributed by atoms with van der Waals surface area (Å²) in [7, 11) is 0. The number of hydrogen-bond donors (Lipinski definition) is 0. The second-order valence-electron chi connectivity index (χ2n) is 25.2. The summed E-state index contributed by atoms with van der Waals surface area (Å²) in [5.74, 6) is -1.18. The predicted molar refractivity (Wildman–Crippen MR) is 333 cm³/mol. The van der Waals surface area contributed by atoms with Crippen molar-refractivity contribution in [1.29, 1.82) is 0 Å². The number of carbonyl (C=O) groups is 2. The lowest BCUT2D eigenvalue weighted by atomic mass is 9.73. The largest absolute Gasteiger partial charge is 0.386 e. The molecular weight excluding hydrogens is 965 g/mol. The molecule has 1 aliphatic heterocycles. The molecule has 0 fully saturated rings. The van der Waals surface area contributed by atoms with Gasteiger partial charge < -0.3 is 14.2 Å². The van der Waals surface area contributed by atoms with Gasteiger partial charge in [-0.3, -0.25) is 0 Å². The molecule has 0 saturated heterocycles. The van der Waals surface area contributed by atoms with Gasteiger partial charge in [-0.15, -0.1) is 0 Å². The Kier molecular flexibility index (Phi) is 9.59. The van der Waals surface area contributed by atoms with Crippen LogP contribution in [0.25, 0.3) is 120 Å². The summed E-state index contributed by atoms with van der Waals surface area (Å²) in [4.78, 5) is 29.2. The summed E-state index contributed by atoms with van der Waals surface area (Å²) >= 11 is 0. The lowest BCUT2D eigenvalue weighted by Gasteiger charge is -2.33. The van der Waals surface area contributed by atoms with E-state index in [1.807, 2.05) is 12.1 Å². The summed E-state index contributed by atoms with van der Waals surface area (Å²) in [5, 5.41) is 21.1. The second-order valence-corrected chi connectivity index (χ2v) is 25.2. The Bertz CT molecular complexity index is 4930. The number of anilines is 3. The molecule has 0 unspecified atom stereocenters. The molecule has 0 atom stereocenters. The lowest BCUT2D eigenvalue weighted by Crippen LogP contribution is -2.19. The second kappa shape index (κ2) is 16.3. The first kappa shape index (κ1) is 46.5. The van der Waals surface area contributed by atoms with Gasteiger partial charge in [-0.25, -0.2) is 9.59 Å². The van der Waals surface area contributed by atoms with Gasteiger partial charge >= 0.3 is 11.9 Å². The predicted octanol–water partition coefficient (Wildman–Crippen LogP) is 20.3. The SMILES string of the molecule is CCCCCCn1c2cc(N(c3ccc4c5c6c(ccc35)C=C(C(C)(C)C)CC6=CC4)c3ccc4ccc5cc(C(C)(C)C)cc6ccc3c4c56)ccc2c2c3cccc4c5ccc6c7c(ccc(c(cc21)c43)c75)C(=O)OC6=O. The average molecular weight is 1030 g/mol. The highest BCUT2D eigenvalue weighted by Gasteiger charge is 2.33. The van der Waals surface area contributed by atoms with Crippen LogP contribution in [0, 0.1) is 5.41 Å². The number of cyclic esters (lactones) is 2. The van der Waals surface area contributed by atoms with Crippen molar-refractivity contribution >= 4 is 149 Å². The molecule has 5 heteroatoms.